The molecule has 3 atom stereocenters. The third kappa shape index (κ3) is 4.28. The highest BCUT2D eigenvalue weighted by atomic mass is 16.4. The summed E-state index contributed by atoms with van der Waals surface area (Å²) in [6.45, 7) is 4.03. The summed E-state index contributed by atoms with van der Waals surface area (Å²) in [6.07, 6.45) is 7.20. The van der Waals surface area contributed by atoms with Gasteiger partial charge in [0.1, 0.15) is 23.2 Å². The largest absolute Gasteiger partial charge is 0.480 e. The van der Waals surface area contributed by atoms with Gasteiger partial charge in [-0.2, -0.15) is 0 Å². The monoisotopic (exact) mass is 485 g/mol. The summed E-state index contributed by atoms with van der Waals surface area (Å²) in [6, 6.07) is 10.4. The van der Waals surface area contributed by atoms with Crippen LogP contribution in [0.5, 0.6) is 0 Å². The SMILES string of the molecule is CC1CCC(C)N1c1c(NC(Cc2ccc(Nc3nccc4ccncc34)cc2)C(=O)O)c(=O)c1=O. The number of benzene rings is 1. The Morgan fingerprint density at radius 2 is 1.75 bits per heavy atom. The van der Waals surface area contributed by atoms with Gasteiger partial charge in [-0.25, -0.2) is 9.78 Å². The van der Waals surface area contributed by atoms with E-state index in [2.05, 4.69) is 20.6 Å². The van der Waals surface area contributed by atoms with Crippen molar-refractivity contribution in [2.75, 3.05) is 15.5 Å². The Morgan fingerprint density at radius 3 is 2.44 bits per heavy atom. The van der Waals surface area contributed by atoms with Crippen molar-refractivity contribution in [2.24, 2.45) is 0 Å². The fraction of sp³-hybridized carbons (Fsp3) is 0.296. The van der Waals surface area contributed by atoms with Crippen LogP contribution in [0.4, 0.5) is 22.9 Å². The van der Waals surface area contributed by atoms with Crippen molar-refractivity contribution in [2.45, 2.75) is 51.2 Å². The van der Waals surface area contributed by atoms with E-state index in [1.54, 1.807) is 18.6 Å². The summed E-state index contributed by atoms with van der Waals surface area (Å²) >= 11 is 0. The summed E-state index contributed by atoms with van der Waals surface area (Å²) in [5, 5.41) is 17.9. The number of aliphatic carboxylic acids is 1. The van der Waals surface area contributed by atoms with Gasteiger partial charge in [0.25, 0.3) is 10.9 Å². The Balaban J connectivity index is 1.32. The third-order valence-electron chi connectivity index (χ3n) is 6.94. The molecule has 0 amide bonds. The number of hydrogen-bond acceptors (Lipinski definition) is 8. The summed E-state index contributed by atoms with van der Waals surface area (Å²) < 4.78 is 0. The molecule has 3 heterocycles. The molecule has 9 nitrogen and oxygen atoms in total. The van der Waals surface area contributed by atoms with Crippen molar-refractivity contribution in [3.63, 3.8) is 0 Å². The van der Waals surface area contributed by atoms with Crippen LogP contribution in [0.3, 0.4) is 0 Å². The maximum Gasteiger partial charge on any atom is 0.326 e. The summed E-state index contributed by atoms with van der Waals surface area (Å²) in [5.74, 6) is -0.414. The molecule has 1 fully saturated rings. The van der Waals surface area contributed by atoms with Crippen LogP contribution in [0.1, 0.15) is 32.3 Å². The van der Waals surface area contributed by atoms with Gasteiger partial charge in [0.05, 0.1) is 0 Å². The Morgan fingerprint density at radius 1 is 1.06 bits per heavy atom. The highest BCUT2D eigenvalue weighted by Gasteiger charge is 2.36. The van der Waals surface area contributed by atoms with Gasteiger partial charge in [0, 0.05) is 48.2 Å². The van der Waals surface area contributed by atoms with Gasteiger partial charge in [0.2, 0.25) is 0 Å². The number of hydrogen-bond donors (Lipinski definition) is 3. The van der Waals surface area contributed by atoms with E-state index >= 15 is 0 Å². The van der Waals surface area contributed by atoms with E-state index in [4.69, 9.17) is 0 Å². The van der Waals surface area contributed by atoms with Crippen molar-refractivity contribution in [3.8, 4) is 0 Å². The molecule has 36 heavy (non-hydrogen) atoms. The lowest BCUT2D eigenvalue weighted by atomic mass is 10.0. The average molecular weight is 486 g/mol. The van der Waals surface area contributed by atoms with Crippen molar-refractivity contribution >= 4 is 39.6 Å². The Bertz CT molecular complexity index is 1480. The van der Waals surface area contributed by atoms with Gasteiger partial charge in [0.15, 0.2) is 0 Å². The predicted octanol–water partition coefficient (Wildman–Crippen LogP) is 3.45. The first kappa shape index (κ1) is 23.5. The van der Waals surface area contributed by atoms with Gasteiger partial charge >= 0.3 is 5.97 Å². The van der Waals surface area contributed by atoms with Gasteiger partial charge in [-0.05, 0) is 61.9 Å². The van der Waals surface area contributed by atoms with Crippen LogP contribution in [0.25, 0.3) is 10.8 Å². The highest BCUT2D eigenvalue weighted by Crippen LogP contribution is 2.33. The Kier molecular flexibility index (Phi) is 6.13. The Labute approximate surface area is 207 Å². The molecule has 1 aliphatic heterocycles. The summed E-state index contributed by atoms with van der Waals surface area (Å²) in [5.41, 5.74) is 0.803. The van der Waals surface area contributed by atoms with Gasteiger partial charge < -0.3 is 20.6 Å². The molecule has 184 valence electrons. The minimum Gasteiger partial charge on any atom is -0.480 e. The first-order valence-corrected chi connectivity index (χ1v) is 12.0. The van der Waals surface area contributed by atoms with Crippen LogP contribution in [-0.4, -0.2) is 39.2 Å². The lowest BCUT2D eigenvalue weighted by Crippen LogP contribution is -2.48. The molecule has 9 heteroatoms. The second kappa shape index (κ2) is 9.41. The molecule has 3 N–H and O–H groups in total. The number of nitrogens with zero attached hydrogens (tertiary/aromatic N) is 3. The molecular formula is C27H27N5O4. The smallest absolute Gasteiger partial charge is 0.326 e. The quantitative estimate of drug-likeness (QED) is 0.322. The number of carbonyl (C=O) groups is 1. The number of anilines is 4. The minimum absolute atomic E-state index is 0.113. The van der Waals surface area contributed by atoms with E-state index in [1.807, 2.05) is 55.1 Å². The topological polar surface area (TPSA) is 125 Å². The zero-order valence-corrected chi connectivity index (χ0v) is 20.1. The molecule has 3 unspecified atom stereocenters. The molecule has 0 aliphatic carbocycles. The Hall–Kier alpha value is -4.27. The van der Waals surface area contributed by atoms with Crippen molar-refractivity contribution in [1.29, 1.82) is 0 Å². The molecule has 1 saturated heterocycles. The maximum atomic E-state index is 12.4. The molecule has 1 aliphatic rings. The number of pyridine rings is 2. The number of rotatable bonds is 8. The number of carboxylic acids is 1. The molecule has 0 bridgehead atoms. The van der Waals surface area contributed by atoms with Crippen LogP contribution < -0.4 is 26.4 Å². The van der Waals surface area contributed by atoms with E-state index in [1.165, 1.54) is 0 Å². The van der Waals surface area contributed by atoms with E-state index in [0.717, 1.165) is 34.9 Å². The first-order chi connectivity index (χ1) is 17.3. The average Bonchev–Trinajstić information content (AvgIpc) is 3.21. The van der Waals surface area contributed by atoms with E-state index in [0.29, 0.717) is 11.5 Å². The van der Waals surface area contributed by atoms with Crippen LogP contribution in [0.2, 0.25) is 0 Å². The van der Waals surface area contributed by atoms with Crippen LogP contribution in [-0.2, 0) is 11.2 Å². The lowest BCUT2D eigenvalue weighted by molar-refractivity contribution is -0.137. The van der Waals surface area contributed by atoms with E-state index in [9.17, 15) is 19.5 Å². The minimum atomic E-state index is -1.09. The highest BCUT2D eigenvalue weighted by molar-refractivity contribution is 5.92. The second-order valence-electron chi connectivity index (χ2n) is 9.38. The third-order valence-corrected chi connectivity index (χ3v) is 6.94. The number of fused-ring (bicyclic) bond motifs is 1. The maximum absolute atomic E-state index is 12.4. The fourth-order valence-corrected chi connectivity index (χ4v) is 4.98. The van der Waals surface area contributed by atoms with Crippen LogP contribution >= 0.6 is 0 Å². The lowest BCUT2D eigenvalue weighted by Gasteiger charge is -2.32. The van der Waals surface area contributed by atoms with E-state index < -0.39 is 22.9 Å². The fourth-order valence-electron chi connectivity index (χ4n) is 4.98. The van der Waals surface area contributed by atoms with Crippen molar-refractivity contribution < 1.29 is 9.90 Å². The first-order valence-electron chi connectivity index (χ1n) is 12.0. The second-order valence-corrected chi connectivity index (χ2v) is 9.38. The number of aromatic nitrogens is 2. The molecule has 0 spiro atoms. The van der Waals surface area contributed by atoms with Gasteiger partial charge in [-0.15, -0.1) is 0 Å². The van der Waals surface area contributed by atoms with E-state index in [-0.39, 0.29) is 24.2 Å². The summed E-state index contributed by atoms with van der Waals surface area (Å²) in [7, 11) is 0. The van der Waals surface area contributed by atoms with Crippen molar-refractivity contribution in [3.05, 3.63) is 81.0 Å². The summed E-state index contributed by atoms with van der Waals surface area (Å²) in [4.78, 5) is 47.3. The molecule has 5 rings (SSSR count). The number of carboxylic acid groups (broad SMARTS) is 1. The molecule has 0 saturated carbocycles. The van der Waals surface area contributed by atoms with Crippen molar-refractivity contribution in [1.82, 2.24) is 9.97 Å². The molecule has 2 aromatic carbocycles. The number of nitrogens with one attached hydrogen (secondary N) is 2. The van der Waals surface area contributed by atoms with Gasteiger partial charge in [-0.3, -0.25) is 14.6 Å². The van der Waals surface area contributed by atoms with Crippen LogP contribution in [0, 0.1) is 0 Å². The molecule has 4 aromatic rings. The zero-order valence-electron chi connectivity index (χ0n) is 20.1. The van der Waals surface area contributed by atoms with Gasteiger partial charge in [-0.1, -0.05) is 12.1 Å². The molecule has 2 aromatic heterocycles. The standard InChI is InChI=1S/C27H27N5O4/c1-15-3-4-16(2)32(15)23-22(24(33)25(23)34)31-21(27(35)36)13-17-5-7-19(8-6-17)30-26-20-14-28-11-9-18(20)10-12-29-26/h5-12,14-16,21,31H,3-4,13H2,1-2H3,(H,29,30)(H,35,36). The zero-order chi connectivity index (χ0) is 25.4. The van der Waals surface area contributed by atoms with Crippen LogP contribution in [0.15, 0.2) is 64.6 Å². The molecular weight excluding hydrogens is 458 g/mol. The normalized spacial score (nSPS) is 18.4. The predicted molar refractivity (Wildman–Crippen MR) is 140 cm³/mol. The molecule has 0 radical (unpaired) electrons.